The number of carboxylic acids is 1. The summed E-state index contributed by atoms with van der Waals surface area (Å²) in [5.41, 5.74) is -0.419. The smallest absolute Gasteiger partial charge is 0.356 e. The van der Waals surface area contributed by atoms with Gasteiger partial charge in [-0.3, -0.25) is 19.3 Å². The molecule has 0 bridgehead atoms. The number of terminal acetylenes is 1. The highest BCUT2D eigenvalue weighted by molar-refractivity contribution is 8.00. The molecule has 0 radical (unpaired) electrons. The number of β-lactam (4-membered cyclic amide) rings is 1. The van der Waals surface area contributed by atoms with Crippen LogP contribution >= 0.6 is 23.1 Å². The quantitative estimate of drug-likeness (QED) is 0.108. The summed E-state index contributed by atoms with van der Waals surface area (Å²) >= 11 is 2.29. The van der Waals surface area contributed by atoms with Crippen molar-refractivity contribution in [1.29, 1.82) is 0 Å². The fourth-order valence-corrected chi connectivity index (χ4v) is 4.76. The van der Waals surface area contributed by atoms with Crippen LogP contribution in [-0.2, 0) is 28.8 Å². The Bertz CT molecular complexity index is 1030. The largest absolute Gasteiger partial charge is 0.498 e. The van der Waals surface area contributed by atoms with Crippen molar-refractivity contribution in [3.8, 4) is 12.3 Å². The van der Waals surface area contributed by atoms with Crippen LogP contribution in [-0.4, -0.2) is 75.8 Å². The van der Waals surface area contributed by atoms with E-state index < -0.39 is 29.2 Å². The molecule has 0 spiro atoms. The number of thiazole rings is 1. The van der Waals surface area contributed by atoms with Gasteiger partial charge in [-0.25, -0.2) is 9.78 Å². The first-order chi connectivity index (χ1) is 14.9. The highest BCUT2D eigenvalue weighted by atomic mass is 32.2. The summed E-state index contributed by atoms with van der Waals surface area (Å²) < 4.78 is 5.06. The number of carbonyl (C=O) groups excluding carboxylic acids is 3. The Hall–Kier alpha value is -3.57. The summed E-state index contributed by atoms with van der Waals surface area (Å²) in [6.07, 6.45) is 5.54. The number of oxime groups is 1. The Morgan fingerprint density at radius 3 is 2.97 bits per heavy atom. The van der Waals surface area contributed by atoms with Gasteiger partial charge in [0.05, 0.1) is 12.9 Å². The lowest BCUT2D eigenvalue weighted by molar-refractivity contribution is -0.150. The zero-order chi connectivity index (χ0) is 22.5. The van der Waals surface area contributed by atoms with Crippen molar-refractivity contribution in [1.82, 2.24) is 15.2 Å². The van der Waals surface area contributed by atoms with E-state index in [1.54, 1.807) is 0 Å². The number of hydrogen-bond donors (Lipinski definition) is 3. The van der Waals surface area contributed by atoms with E-state index in [0.717, 1.165) is 16.2 Å². The van der Waals surface area contributed by atoms with Crippen molar-refractivity contribution in [2.24, 2.45) is 5.16 Å². The average molecular weight is 465 g/mol. The molecular weight excluding hydrogens is 450 g/mol. The lowest BCUT2D eigenvalue weighted by atomic mass is 10.0. The molecule has 1 aromatic rings. The second-order valence-electron chi connectivity index (χ2n) is 5.86. The topological polar surface area (TPSA) is 160 Å². The van der Waals surface area contributed by atoms with Crippen LogP contribution in [0, 0.1) is 12.3 Å². The molecule has 3 amide bonds. The summed E-state index contributed by atoms with van der Waals surface area (Å²) in [6, 6.07) is -0.991. The maximum Gasteiger partial charge on any atom is 0.356 e. The van der Waals surface area contributed by atoms with Crippen LogP contribution in [0.4, 0.5) is 5.13 Å². The van der Waals surface area contributed by atoms with Crippen molar-refractivity contribution >= 4 is 58.1 Å². The van der Waals surface area contributed by atoms with Gasteiger partial charge in [-0.15, -0.1) is 29.5 Å². The normalized spacial score (nSPS) is 20.2. The van der Waals surface area contributed by atoms with Gasteiger partial charge in [0.1, 0.15) is 22.9 Å². The summed E-state index contributed by atoms with van der Waals surface area (Å²) in [5, 5.41) is 19.1. The minimum Gasteiger partial charge on any atom is -0.498 e. The van der Waals surface area contributed by atoms with Crippen molar-refractivity contribution in [3.05, 3.63) is 22.5 Å². The Morgan fingerprint density at radius 1 is 1.55 bits per heavy atom. The summed E-state index contributed by atoms with van der Waals surface area (Å²) in [6.45, 7) is -0.207. The van der Waals surface area contributed by atoms with E-state index in [1.165, 1.54) is 24.3 Å². The third kappa shape index (κ3) is 4.32. The number of amides is 3. The Kier molecular flexibility index (Phi) is 6.78. The maximum absolute atomic E-state index is 12.8. The number of nitrogens with one attached hydrogen (secondary N) is 2. The highest BCUT2D eigenvalue weighted by Crippen LogP contribution is 2.40. The molecule has 3 rings (SSSR count). The molecule has 1 unspecified atom stereocenters. The van der Waals surface area contributed by atoms with Gasteiger partial charge in [0, 0.05) is 5.38 Å². The van der Waals surface area contributed by atoms with Crippen LogP contribution in [0.2, 0.25) is 0 Å². The van der Waals surface area contributed by atoms with E-state index in [-0.39, 0.29) is 40.4 Å². The Balaban J connectivity index is 1.80. The predicted molar refractivity (Wildman–Crippen MR) is 110 cm³/mol. The number of fused-ring (bicyclic) bond motifs is 1. The van der Waals surface area contributed by atoms with Crippen molar-refractivity contribution < 1.29 is 33.9 Å². The number of methoxy groups -OCH3 is 1. The van der Waals surface area contributed by atoms with Crippen LogP contribution in [0.3, 0.4) is 0 Å². The number of carboxylic acid groups (broad SMARTS) is 1. The Labute approximate surface area is 183 Å². The molecular formula is C17H15N5O7S2. The molecule has 0 aliphatic carbocycles. The van der Waals surface area contributed by atoms with Gasteiger partial charge >= 0.3 is 5.97 Å². The number of hydrogen-bond acceptors (Lipinski definition) is 10. The molecule has 31 heavy (non-hydrogen) atoms. The number of anilines is 1. The van der Waals surface area contributed by atoms with E-state index in [1.807, 2.05) is 0 Å². The van der Waals surface area contributed by atoms with Gasteiger partial charge in [-0.05, 0) is 0 Å². The summed E-state index contributed by atoms with van der Waals surface area (Å²) in [5.74, 6) is -0.113. The number of thioether (sulfide) groups is 1. The molecule has 1 fully saturated rings. The molecule has 2 atom stereocenters. The number of nitrogens with zero attached hydrogens (tertiary/aromatic N) is 3. The monoisotopic (exact) mass is 465 g/mol. The molecule has 1 aromatic heterocycles. The zero-order valence-electron chi connectivity index (χ0n) is 15.9. The SMILES string of the molecule is C#CCON=C(C(=O)NC1C(=O)N2C(C(=O)O)=C(OC)CS[C@@H]12)c1csc(NC=O)n1. The zero-order valence-corrected chi connectivity index (χ0v) is 17.5. The molecule has 3 N–H and O–H groups in total. The second kappa shape index (κ2) is 9.49. The highest BCUT2D eigenvalue weighted by Gasteiger charge is 2.55. The lowest BCUT2D eigenvalue weighted by Crippen LogP contribution is -2.71. The standard InChI is InChI=1S/C17H15N5O7S2/c1-3-4-29-21-10(8-5-31-17(19-8)18-7-23)13(24)20-11-14(25)22-12(16(26)27)9(28-2)6-30-15(11)22/h1,5,7,11,15H,4,6H2,2H3,(H,20,24)(H,26,27)(H,18,19,23)/t11?,15-/m0/s1. The molecule has 1 saturated heterocycles. The van der Waals surface area contributed by atoms with Gasteiger partial charge < -0.3 is 25.3 Å². The van der Waals surface area contributed by atoms with Gasteiger partial charge in [0.15, 0.2) is 23.1 Å². The van der Waals surface area contributed by atoms with Crippen molar-refractivity contribution in [2.75, 3.05) is 24.8 Å². The van der Waals surface area contributed by atoms with Crippen LogP contribution in [0.1, 0.15) is 5.69 Å². The molecule has 2 aliphatic heterocycles. The first kappa shape index (κ1) is 22.1. The minimum atomic E-state index is -1.30. The number of carbonyl (C=O) groups is 4. The number of ether oxygens (including phenoxy) is 1. The fourth-order valence-electron chi connectivity index (χ4n) is 2.79. The average Bonchev–Trinajstić information content (AvgIpc) is 3.22. The maximum atomic E-state index is 12.8. The molecule has 0 saturated carbocycles. The Morgan fingerprint density at radius 2 is 2.32 bits per heavy atom. The first-order valence-electron chi connectivity index (χ1n) is 8.48. The molecule has 0 aromatic carbocycles. The van der Waals surface area contributed by atoms with Crippen LogP contribution in [0.25, 0.3) is 0 Å². The third-order valence-electron chi connectivity index (χ3n) is 4.12. The minimum absolute atomic E-state index is 0.0941. The first-order valence-corrected chi connectivity index (χ1v) is 10.4. The van der Waals surface area contributed by atoms with E-state index >= 15 is 0 Å². The summed E-state index contributed by atoms with van der Waals surface area (Å²) in [7, 11) is 1.32. The molecule has 162 valence electrons. The summed E-state index contributed by atoms with van der Waals surface area (Å²) in [4.78, 5) is 57.6. The predicted octanol–water partition coefficient (Wildman–Crippen LogP) is -0.592. The number of aromatic nitrogens is 1. The van der Waals surface area contributed by atoms with Gasteiger partial charge in [-0.1, -0.05) is 11.1 Å². The molecule has 2 aliphatic rings. The number of rotatable bonds is 9. The van der Waals surface area contributed by atoms with Crippen LogP contribution in [0.5, 0.6) is 0 Å². The van der Waals surface area contributed by atoms with Gasteiger partial charge in [-0.2, -0.15) is 0 Å². The van der Waals surface area contributed by atoms with Crippen molar-refractivity contribution in [3.63, 3.8) is 0 Å². The molecule has 12 nitrogen and oxygen atoms in total. The van der Waals surface area contributed by atoms with Gasteiger partial charge in [0.2, 0.25) is 6.41 Å². The molecule has 14 heteroatoms. The fraction of sp³-hybridized carbons (Fsp3) is 0.294. The number of aliphatic carboxylic acids is 1. The van der Waals surface area contributed by atoms with Crippen LogP contribution in [0.15, 0.2) is 22.0 Å². The van der Waals surface area contributed by atoms with Crippen LogP contribution < -0.4 is 10.6 Å². The molecule has 3 heterocycles. The van der Waals surface area contributed by atoms with E-state index in [2.05, 4.69) is 26.7 Å². The van der Waals surface area contributed by atoms with E-state index in [9.17, 15) is 24.3 Å². The van der Waals surface area contributed by atoms with Crippen molar-refractivity contribution in [2.45, 2.75) is 11.4 Å². The van der Waals surface area contributed by atoms with Gasteiger partial charge in [0.25, 0.3) is 11.8 Å². The van der Waals surface area contributed by atoms with E-state index in [4.69, 9.17) is 16.0 Å². The lowest BCUT2D eigenvalue weighted by Gasteiger charge is -2.48. The second-order valence-corrected chi connectivity index (χ2v) is 7.82. The van der Waals surface area contributed by atoms with E-state index in [0.29, 0.717) is 6.41 Å². The third-order valence-corrected chi connectivity index (χ3v) is 6.14.